The summed E-state index contributed by atoms with van der Waals surface area (Å²) >= 11 is 6.37. The minimum atomic E-state index is -0.954. The number of ether oxygens (including phenoxy) is 3. The van der Waals surface area contributed by atoms with Crippen LogP contribution in [0.1, 0.15) is 40.0 Å². The Morgan fingerprint density at radius 2 is 1.90 bits per heavy atom. The molecule has 0 saturated carbocycles. The minimum absolute atomic E-state index is 0.0500. The second-order valence-electron chi connectivity index (χ2n) is 11.1. The summed E-state index contributed by atoms with van der Waals surface area (Å²) < 4.78 is 18.0. The van der Waals surface area contributed by atoms with Crippen molar-refractivity contribution < 1.29 is 28.6 Å². The van der Waals surface area contributed by atoms with E-state index in [1.807, 2.05) is 28.9 Å². The number of benzene rings is 1. The van der Waals surface area contributed by atoms with E-state index < -0.39 is 29.6 Å². The van der Waals surface area contributed by atoms with Crippen molar-refractivity contribution in [1.29, 1.82) is 0 Å². The first kappa shape index (κ1) is 30.8. The van der Waals surface area contributed by atoms with Gasteiger partial charge >= 0.3 is 6.09 Å². The van der Waals surface area contributed by atoms with E-state index in [2.05, 4.69) is 15.5 Å². The molecule has 2 unspecified atom stereocenters. The van der Waals surface area contributed by atoms with Crippen LogP contribution in [0.25, 0.3) is 16.9 Å². The number of nitrogens with zero attached hydrogens (tertiary/aromatic N) is 3. The molecule has 1 aromatic carbocycles. The third-order valence-electron chi connectivity index (χ3n) is 6.78. The number of nitrogens with two attached hydrogens (primary N) is 1. The van der Waals surface area contributed by atoms with Crippen LogP contribution in [-0.2, 0) is 14.3 Å². The van der Waals surface area contributed by atoms with E-state index in [1.165, 1.54) is 0 Å². The zero-order valence-electron chi connectivity index (χ0n) is 24.4. The molecule has 0 aliphatic carbocycles. The molecule has 3 amide bonds. The van der Waals surface area contributed by atoms with Gasteiger partial charge in [-0.3, -0.25) is 9.59 Å². The number of halogens is 1. The number of pyridine rings is 1. The average Bonchev–Trinajstić information content (AvgIpc) is 3.56. The van der Waals surface area contributed by atoms with Crippen LogP contribution < -0.4 is 30.7 Å². The summed E-state index contributed by atoms with van der Waals surface area (Å²) in [6.45, 7) is 6.45. The lowest BCUT2D eigenvalue weighted by Crippen LogP contribution is -2.51. The van der Waals surface area contributed by atoms with E-state index in [0.29, 0.717) is 41.7 Å². The van der Waals surface area contributed by atoms with Gasteiger partial charge in [0.25, 0.3) is 0 Å². The van der Waals surface area contributed by atoms with Crippen molar-refractivity contribution in [2.24, 2.45) is 5.73 Å². The van der Waals surface area contributed by atoms with Gasteiger partial charge in [0.1, 0.15) is 28.8 Å². The maximum absolute atomic E-state index is 13.1. The number of amides is 3. The molecule has 4 N–H and O–H groups in total. The Morgan fingerprint density at radius 1 is 1.17 bits per heavy atom. The maximum atomic E-state index is 13.1. The van der Waals surface area contributed by atoms with Gasteiger partial charge in [-0.05, 0) is 45.7 Å². The zero-order valence-corrected chi connectivity index (χ0v) is 25.2. The topological polar surface area (TPSA) is 150 Å². The van der Waals surface area contributed by atoms with Crippen LogP contribution in [0.4, 0.5) is 10.5 Å². The lowest BCUT2D eigenvalue weighted by molar-refractivity contribution is -0.124. The molecule has 1 fully saturated rings. The highest BCUT2D eigenvalue weighted by Gasteiger charge is 2.30. The molecule has 1 aliphatic rings. The molecule has 1 aliphatic heterocycles. The smallest absolute Gasteiger partial charge is 0.408 e. The molecule has 226 valence electrons. The van der Waals surface area contributed by atoms with Crippen LogP contribution in [0.5, 0.6) is 11.5 Å². The first-order valence-corrected chi connectivity index (χ1v) is 14.0. The summed E-state index contributed by atoms with van der Waals surface area (Å²) in [6, 6.07) is 6.35. The van der Waals surface area contributed by atoms with Crippen LogP contribution in [0.15, 0.2) is 36.7 Å². The average molecular weight is 601 g/mol. The van der Waals surface area contributed by atoms with Gasteiger partial charge < -0.3 is 39.9 Å². The standard InChI is InChI=1S/C29H37ClN6O6/c1-29(2,3)42-28(39)34-21(6-7-25(31)37)27(38)32-17-8-10-35(15-17)18-9-11-36-16-22(33-26(36)12-18)19-13-20(30)24(41-5)14-23(19)40-4/h9,11-14,16-17,21H,6-8,10,15H2,1-5H3,(H2,31,37)(H,32,38)(H,34,39). The molecule has 0 spiro atoms. The Hall–Kier alpha value is -4.19. The molecular weight excluding hydrogens is 564 g/mol. The van der Waals surface area contributed by atoms with E-state index in [4.69, 9.17) is 36.5 Å². The van der Waals surface area contributed by atoms with Gasteiger partial charge in [0, 0.05) is 61.3 Å². The molecule has 3 heterocycles. The number of nitrogens with one attached hydrogen (secondary N) is 2. The number of methoxy groups -OCH3 is 2. The first-order valence-electron chi connectivity index (χ1n) is 13.6. The number of hydrogen-bond acceptors (Lipinski definition) is 8. The number of primary amides is 1. The number of aromatic nitrogens is 2. The quantitative estimate of drug-likeness (QED) is 0.320. The van der Waals surface area contributed by atoms with E-state index in [1.54, 1.807) is 47.1 Å². The molecule has 2 aromatic heterocycles. The molecular formula is C29H37ClN6O6. The van der Waals surface area contributed by atoms with Crippen LogP contribution >= 0.6 is 11.6 Å². The van der Waals surface area contributed by atoms with Crippen molar-refractivity contribution in [2.45, 2.75) is 57.7 Å². The van der Waals surface area contributed by atoms with Gasteiger partial charge in [-0.2, -0.15) is 0 Å². The van der Waals surface area contributed by atoms with Gasteiger partial charge in [0.05, 0.1) is 24.9 Å². The Balaban J connectivity index is 1.44. The lowest BCUT2D eigenvalue weighted by atomic mass is 10.1. The van der Waals surface area contributed by atoms with Gasteiger partial charge in [0.15, 0.2) is 0 Å². The highest BCUT2D eigenvalue weighted by atomic mass is 35.5. The zero-order chi connectivity index (χ0) is 30.6. The summed E-state index contributed by atoms with van der Waals surface area (Å²) in [5, 5.41) is 6.02. The van der Waals surface area contributed by atoms with Crippen molar-refractivity contribution in [3.63, 3.8) is 0 Å². The highest BCUT2D eigenvalue weighted by molar-refractivity contribution is 6.32. The van der Waals surface area contributed by atoms with Gasteiger partial charge in [-0.15, -0.1) is 0 Å². The number of imidazole rings is 1. The fourth-order valence-corrected chi connectivity index (χ4v) is 5.02. The minimum Gasteiger partial charge on any atom is -0.496 e. The molecule has 3 aromatic rings. The van der Waals surface area contributed by atoms with E-state index in [9.17, 15) is 14.4 Å². The second-order valence-corrected chi connectivity index (χ2v) is 11.5. The van der Waals surface area contributed by atoms with E-state index in [-0.39, 0.29) is 18.9 Å². The predicted octanol–water partition coefficient (Wildman–Crippen LogP) is 3.53. The van der Waals surface area contributed by atoms with Crippen LogP contribution in [0.3, 0.4) is 0 Å². The summed E-state index contributed by atoms with van der Waals surface area (Å²) in [5.41, 5.74) is 7.67. The van der Waals surface area contributed by atoms with Gasteiger partial charge in [0.2, 0.25) is 11.8 Å². The van der Waals surface area contributed by atoms with Gasteiger partial charge in [-0.25, -0.2) is 9.78 Å². The Labute approximate surface area is 249 Å². The van der Waals surface area contributed by atoms with Crippen molar-refractivity contribution >= 4 is 40.8 Å². The van der Waals surface area contributed by atoms with Crippen molar-refractivity contribution in [1.82, 2.24) is 20.0 Å². The van der Waals surface area contributed by atoms with Crippen molar-refractivity contribution in [2.75, 3.05) is 32.2 Å². The number of carbonyl (C=O) groups excluding carboxylic acids is 3. The number of anilines is 1. The Morgan fingerprint density at radius 3 is 2.57 bits per heavy atom. The summed E-state index contributed by atoms with van der Waals surface area (Å²) in [6.07, 6.45) is 3.81. The van der Waals surface area contributed by atoms with Crippen LogP contribution in [-0.4, -0.2) is 72.3 Å². The lowest BCUT2D eigenvalue weighted by Gasteiger charge is -2.24. The summed E-state index contributed by atoms with van der Waals surface area (Å²) in [5.74, 6) is 0.151. The summed E-state index contributed by atoms with van der Waals surface area (Å²) in [7, 11) is 3.13. The maximum Gasteiger partial charge on any atom is 0.408 e. The predicted molar refractivity (Wildman–Crippen MR) is 159 cm³/mol. The normalized spacial score (nSPS) is 15.8. The number of rotatable bonds is 10. The third-order valence-corrected chi connectivity index (χ3v) is 7.08. The number of fused-ring (bicyclic) bond motifs is 1. The Kier molecular flexibility index (Phi) is 9.35. The molecule has 12 nitrogen and oxygen atoms in total. The fourth-order valence-electron chi connectivity index (χ4n) is 4.78. The van der Waals surface area contributed by atoms with Crippen molar-refractivity contribution in [3.05, 3.63) is 41.7 Å². The van der Waals surface area contributed by atoms with E-state index in [0.717, 1.165) is 16.9 Å². The molecule has 13 heteroatoms. The molecule has 0 bridgehead atoms. The highest BCUT2D eigenvalue weighted by Crippen LogP contribution is 2.38. The van der Waals surface area contributed by atoms with E-state index >= 15 is 0 Å². The number of alkyl carbamates (subject to hydrolysis) is 1. The molecule has 4 rings (SSSR count). The monoisotopic (exact) mass is 600 g/mol. The molecule has 1 saturated heterocycles. The SMILES string of the molecule is COc1cc(OC)c(-c2cn3ccc(N4CCC(NC(=O)C(CCC(N)=O)NC(=O)OC(C)(C)C)C4)cc3n2)cc1Cl. The first-order chi connectivity index (χ1) is 19.9. The van der Waals surface area contributed by atoms with Crippen LogP contribution in [0, 0.1) is 0 Å². The fraction of sp³-hybridized carbons (Fsp3) is 0.448. The number of hydrogen-bond donors (Lipinski definition) is 3. The van der Waals surface area contributed by atoms with Gasteiger partial charge in [-0.1, -0.05) is 11.6 Å². The summed E-state index contributed by atoms with van der Waals surface area (Å²) in [4.78, 5) is 43.7. The molecule has 0 radical (unpaired) electrons. The van der Waals surface area contributed by atoms with Crippen LogP contribution in [0.2, 0.25) is 5.02 Å². The third kappa shape index (κ3) is 7.55. The Bertz CT molecular complexity index is 1470. The largest absolute Gasteiger partial charge is 0.496 e. The molecule has 2 atom stereocenters. The van der Waals surface area contributed by atoms with Crippen molar-refractivity contribution in [3.8, 4) is 22.8 Å². The molecule has 42 heavy (non-hydrogen) atoms. The number of carbonyl (C=O) groups is 3. The second kappa shape index (κ2) is 12.8.